The summed E-state index contributed by atoms with van der Waals surface area (Å²) >= 11 is 0. The van der Waals surface area contributed by atoms with Crippen LogP contribution in [0, 0.1) is 0 Å². The first-order chi connectivity index (χ1) is 12.0. The van der Waals surface area contributed by atoms with Crippen LogP contribution in [0.5, 0.6) is 0 Å². The van der Waals surface area contributed by atoms with Crippen LogP contribution in [0.25, 0.3) is 0 Å². The highest BCUT2D eigenvalue weighted by atomic mass is 16.5. The SMILES string of the molecule is C.C[N+]1(C)CCC(OC(=O)C(Nc2ccccc2)c2ccccc2)CC1. The predicted molar refractivity (Wildman–Crippen MR) is 107 cm³/mol. The molecule has 1 aliphatic heterocycles. The molecule has 1 unspecified atom stereocenters. The predicted octanol–water partition coefficient (Wildman–Crippen LogP) is 4.26. The number of likely N-dealkylation sites (tertiary alicyclic amines) is 1. The van der Waals surface area contributed by atoms with Crippen LogP contribution in [0.3, 0.4) is 0 Å². The molecule has 1 N–H and O–H groups in total. The molecule has 0 saturated carbocycles. The van der Waals surface area contributed by atoms with Crippen LogP contribution in [0.15, 0.2) is 60.7 Å². The fraction of sp³-hybridized carbons (Fsp3) is 0.409. The summed E-state index contributed by atoms with van der Waals surface area (Å²) in [4.78, 5) is 12.9. The fourth-order valence-electron chi connectivity index (χ4n) is 3.22. The number of anilines is 1. The van der Waals surface area contributed by atoms with Gasteiger partial charge in [-0.1, -0.05) is 56.0 Å². The molecule has 1 atom stereocenters. The van der Waals surface area contributed by atoms with Crippen molar-refractivity contribution in [2.75, 3.05) is 32.5 Å². The van der Waals surface area contributed by atoms with E-state index in [2.05, 4.69) is 19.4 Å². The highest BCUT2D eigenvalue weighted by Gasteiger charge is 2.31. The van der Waals surface area contributed by atoms with Crippen LogP contribution in [0.1, 0.15) is 31.9 Å². The van der Waals surface area contributed by atoms with Gasteiger partial charge in [-0.3, -0.25) is 0 Å². The number of hydrogen-bond acceptors (Lipinski definition) is 3. The minimum absolute atomic E-state index is 0. The summed E-state index contributed by atoms with van der Waals surface area (Å²) in [5.41, 5.74) is 1.83. The summed E-state index contributed by atoms with van der Waals surface area (Å²) in [7, 11) is 4.45. The molecule has 0 bridgehead atoms. The van der Waals surface area contributed by atoms with Crippen LogP contribution in [-0.4, -0.2) is 43.7 Å². The van der Waals surface area contributed by atoms with Crippen LogP contribution in [0.4, 0.5) is 5.69 Å². The van der Waals surface area contributed by atoms with Crippen molar-refractivity contribution in [1.29, 1.82) is 0 Å². The molecular formula is C22H31N2O2+. The molecule has 140 valence electrons. The molecule has 4 heteroatoms. The molecule has 1 aliphatic rings. The standard InChI is InChI=1S/C21H27N2O2.CH4/c1-23(2)15-13-19(14-16-23)25-21(24)20(17-9-5-3-6-10-17)22-18-11-7-4-8-12-18;/h3-12,19-20,22H,13-16H2,1-2H3;1H4/q+1;. The second-order valence-corrected chi connectivity index (χ2v) is 7.37. The molecule has 26 heavy (non-hydrogen) atoms. The van der Waals surface area contributed by atoms with Crippen molar-refractivity contribution in [2.24, 2.45) is 0 Å². The minimum atomic E-state index is -0.493. The Morgan fingerprint density at radius 2 is 1.54 bits per heavy atom. The smallest absolute Gasteiger partial charge is 0.333 e. The van der Waals surface area contributed by atoms with Crippen LogP contribution < -0.4 is 5.32 Å². The summed E-state index contributed by atoms with van der Waals surface area (Å²) in [6.07, 6.45) is 1.86. The van der Waals surface area contributed by atoms with E-state index in [0.29, 0.717) is 0 Å². The fourth-order valence-corrected chi connectivity index (χ4v) is 3.22. The van der Waals surface area contributed by atoms with Crippen molar-refractivity contribution in [3.05, 3.63) is 66.2 Å². The van der Waals surface area contributed by atoms with Gasteiger partial charge in [0.25, 0.3) is 0 Å². The Hall–Kier alpha value is -2.33. The zero-order valence-electron chi connectivity index (χ0n) is 15.0. The third kappa shape index (κ3) is 5.33. The van der Waals surface area contributed by atoms with Gasteiger partial charge in [0.1, 0.15) is 6.10 Å². The van der Waals surface area contributed by atoms with Crippen molar-refractivity contribution < 1.29 is 14.0 Å². The molecule has 0 spiro atoms. The summed E-state index contributed by atoms with van der Waals surface area (Å²) in [6, 6.07) is 19.1. The highest BCUT2D eigenvalue weighted by molar-refractivity contribution is 5.81. The average molecular weight is 356 g/mol. The van der Waals surface area contributed by atoms with E-state index in [0.717, 1.165) is 41.7 Å². The molecule has 2 aromatic carbocycles. The van der Waals surface area contributed by atoms with Gasteiger partial charge in [0.15, 0.2) is 6.04 Å². The lowest BCUT2D eigenvalue weighted by molar-refractivity contribution is -0.896. The maximum absolute atomic E-state index is 12.9. The van der Waals surface area contributed by atoms with Crippen molar-refractivity contribution in [3.63, 3.8) is 0 Å². The largest absolute Gasteiger partial charge is 0.460 e. The topological polar surface area (TPSA) is 38.3 Å². The number of quaternary nitrogens is 1. The van der Waals surface area contributed by atoms with Crippen molar-refractivity contribution in [1.82, 2.24) is 0 Å². The number of esters is 1. The molecule has 1 fully saturated rings. The van der Waals surface area contributed by atoms with Gasteiger partial charge in [0, 0.05) is 18.5 Å². The summed E-state index contributed by atoms with van der Waals surface area (Å²) in [5.74, 6) is -0.202. The number of benzene rings is 2. The van der Waals surface area contributed by atoms with E-state index in [1.807, 2.05) is 60.7 Å². The van der Waals surface area contributed by atoms with E-state index in [1.54, 1.807) is 0 Å². The molecule has 0 aromatic heterocycles. The van der Waals surface area contributed by atoms with E-state index < -0.39 is 6.04 Å². The number of carbonyl (C=O) groups is 1. The number of rotatable bonds is 5. The van der Waals surface area contributed by atoms with Crippen molar-refractivity contribution in [3.8, 4) is 0 Å². The summed E-state index contributed by atoms with van der Waals surface area (Å²) in [5, 5.41) is 3.32. The molecule has 2 aromatic rings. The zero-order valence-corrected chi connectivity index (χ0v) is 15.0. The minimum Gasteiger partial charge on any atom is -0.460 e. The number of hydrogen-bond donors (Lipinski definition) is 1. The van der Waals surface area contributed by atoms with E-state index in [9.17, 15) is 4.79 Å². The first kappa shape index (κ1) is 20.0. The second kappa shape index (κ2) is 8.86. The number of nitrogens with zero attached hydrogens (tertiary/aromatic N) is 1. The average Bonchev–Trinajstić information content (AvgIpc) is 2.63. The third-order valence-corrected chi connectivity index (χ3v) is 4.85. The number of para-hydroxylation sites is 1. The van der Waals surface area contributed by atoms with Gasteiger partial charge in [-0.2, -0.15) is 0 Å². The van der Waals surface area contributed by atoms with E-state index in [4.69, 9.17) is 4.74 Å². The van der Waals surface area contributed by atoms with Gasteiger partial charge >= 0.3 is 5.97 Å². The van der Waals surface area contributed by atoms with Gasteiger partial charge in [-0.05, 0) is 17.7 Å². The summed E-state index contributed by atoms with van der Waals surface area (Å²) in [6.45, 7) is 2.08. The normalized spacial score (nSPS) is 17.6. The molecule has 1 heterocycles. The second-order valence-electron chi connectivity index (χ2n) is 7.37. The van der Waals surface area contributed by atoms with Gasteiger partial charge in [0.05, 0.1) is 27.2 Å². The molecule has 3 rings (SSSR count). The van der Waals surface area contributed by atoms with Gasteiger partial charge < -0.3 is 14.5 Å². The lowest BCUT2D eigenvalue weighted by Crippen LogP contribution is -2.48. The Morgan fingerprint density at radius 1 is 1.00 bits per heavy atom. The van der Waals surface area contributed by atoms with Gasteiger partial charge in [-0.15, -0.1) is 0 Å². The molecule has 1 saturated heterocycles. The maximum atomic E-state index is 12.9. The van der Waals surface area contributed by atoms with Crippen LogP contribution in [-0.2, 0) is 9.53 Å². The van der Waals surface area contributed by atoms with E-state index in [-0.39, 0.29) is 19.5 Å². The van der Waals surface area contributed by atoms with Gasteiger partial charge in [0.2, 0.25) is 0 Å². The lowest BCUT2D eigenvalue weighted by atomic mass is 10.0. The number of piperidine rings is 1. The van der Waals surface area contributed by atoms with E-state index >= 15 is 0 Å². The Kier molecular flexibility index (Phi) is 6.81. The Bertz CT molecular complexity index is 676. The van der Waals surface area contributed by atoms with Crippen LogP contribution >= 0.6 is 0 Å². The Labute approximate surface area is 157 Å². The lowest BCUT2D eigenvalue weighted by Gasteiger charge is -2.37. The van der Waals surface area contributed by atoms with Crippen LogP contribution in [0.2, 0.25) is 0 Å². The Morgan fingerprint density at radius 3 is 2.12 bits per heavy atom. The summed E-state index contributed by atoms with van der Waals surface area (Å²) < 4.78 is 6.86. The first-order valence-corrected chi connectivity index (χ1v) is 8.92. The molecule has 0 amide bonds. The number of carbonyl (C=O) groups excluding carboxylic acids is 1. The third-order valence-electron chi connectivity index (χ3n) is 4.85. The quantitative estimate of drug-likeness (QED) is 0.643. The molecule has 4 nitrogen and oxygen atoms in total. The first-order valence-electron chi connectivity index (χ1n) is 8.92. The molecular weight excluding hydrogens is 324 g/mol. The molecule has 0 aliphatic carbocycles. The highest BCUT2D eigenvalue weighted by Crippen LogP contribution is 2.24. The van der Waals surface area contributed by atoms with Crippen molar-refractivity contribution >= 4 is 11.7 Å². The molecule has 0 radical (unpaired) electrons. The number of ether oxygens (including phenoxy) is 1. The maximum Gasteiger partial charge on any atom is 0.333 e. The number of nitrogens with one attached hydrogen (secondary N) is 1. The van der Waals surface area contributed by atoms with Gasteiger partial charge in [-0.25, -0.2) is 4.79 Å². The van der Waals surface area contributed by atoms with Crippen molar-refractivity contribution in [2.45, 2.75) is 32.4 Å². The monoisotopic (exact) mass is 355 g/mol. The zero-order chi connectivity index (χ0) is 17.7. The Balaban J connectivity index is 0.00000243. The van der Waals surface area contributed by atoms with E-state index in [1.165, 1.54) is 0 Å².